The molecule has 3 heteroatoms. The summed E-state index contributed by atoms with van der Waals surface area (Å²) in [5.74, 6) is 0. The minimum absolute atomic E-state index is 0.433. The van der Waals surface area contributed by atoms with Gasteiger partial charge in [-0.3, -0.25) is 4.99 Å². The monoisotopic (exact) mass is 208 g/mol. The van der Waals surface area contributed by atoms with Crippen molar-refractivity contribution in [3.05, 3.63) is 35.9 Å². The summed E-state index contributed by atoms with van der Waals surface area (Å²) in [4.78, 5) is 4.14. The van der Waals surface area contributed by atoms with E-state index in [1.165, 1.54) is 5.56 Å². The average Bonchev–Trinajstić information content (AvgIpc) is 2.26. The van der Waals surface area contributed by atoms with Crippen LogP contribution in [0.4, 0.5) is 0 Å². The van der Waals surface area contributed by atoms with Crippen LogP contribution in [0.5, 0.6) is 0 Å². The highest BCUT2D eigenvalue weighted by molar-refractivity contribution is 8.14. The molecule has 1 aromatic carbocycles. The quantitative estimate of drug-likeness (QED) is 0.597. The number of amidine groups is 1. The molecule has 0 aliphatic heterocycles. The summed E-state index contributed by atoms with van der Waals surface area (Å²) in [6.45, 7) is 2.18. The van der Waals surface area contributed by atoms with Gasteiger partial charge in [0.05, 0.1) is 0 Å². The zero-order chi connectivity index (χ0) is 10.4. The molecule has 0 heterocycles. The molecule has 14 heavy (non-hydrogen) atoms. The third-order valence-corrected chi connectivity index (χ3v) is 3.21. The predicted molar refractivity (Wildman–Crippen MR) is 64.9 cm³/mol. The molecule has 1 rings (SSSR count). The van der Waals surface area contributed by atoms with Crippen molar-refractivity contribution in [1.82, 2.24) is 5.32 Å². The van der Waals surface area contributed by atoms with Crippen molar-refractivity contribution in [2.24, 2.45) is 4.99 Å². The first kappa shape index (κ1) is 11.1. The second-order valence-electron chi connectivity index (χ2n) is 2.95. The number of nitrogens with zero attached hydrogens (tertiary/aromatic N) is 1. The molecule has 0 aliphatic rings. The molecule has 1 aromatic rings. The lowest BCUT2D eigenvalue weighted by Crippen LogP contribution is -2.15. The molecular formula is C11H16N2S. The Morgan fingerprint density at radius 3 is 2.50 bits per heavy atom. The highest BCUT2D eigenvalue weighted by atomic mass is 32.2. The van der Waals surface area contributed by atoms with E-state index in [4.69, 9.17) is 0 Å². The Morgan fingerprint density at radius 1 is 1.36 bits per heavy atom. The first-order chi connectivity index (χ1) is 6.77. The maximum Gasteiger partial charge on any atom is 0.156 e. The Hall–Kier alpha value is -0.960. The van der Waals surface area contributed by atoms with Gasteiger partial charge in [-0.1, -0.05) is 42.1 Å². The van der Waals surface area contributed by atoms with E-state index in [2.05, 4.69) is 41.5 Å². The standard InChI is InChI=1S/C11H16N2S/c1-9(14-11(12-2)13-3)10-7-5-4-6-8-10/h4-9H,1-3H3,(H,12,13). The van der Waals surface area contributed by atoms with E-state index in [1.807, 2.05) is 13.1 Å². The van der Waals surface area contributed by atoms with Gasteiger partial charge in [0.15, 0.2) is 5.17 Å². The van der Waals surface area contributed by atoms with E-state index in [0.717, 1.165) is 5.17 Å². The normalized spacial score (nSPS) is 13.8. The van der Waals surface area contributed by atoms with Crippen LogP contribution in [-0.2, 0) is 0 Å². The highest BCUT2D eigenvalue weighted by Gasteiger charge is 2.07. The number of rotatable bonds is 2. The first-order valence-corrected chi connectivity index (χ1v) is 5.52. The van der Waals surface area contributed by atoms with Crippen LogP contribution >= 0.6 is 11.8 Å². The molecule has 1 atom stereocenters. The second kappa shape index (κ2) is 5.70. The maximum atomic E-state index is 4.14. The second-order valence-corrected chi connectivity index (χ2v) is 4.28. The van der Waals surface area contributed by atoms with Crippen molar-refractivity contribution in [1.29, 1.82) is 0 Å². The van der Waals surface area contributed by atoms with Crippen molar-refractivity contribution in [3.8, 4) is 0 Å². The van der Waals surface area contributed by atoms with E-state index >= 15 is 0 Å². The summed E-state index contributed by atoms with van der Waals surface area (Å²) < 4.78 is 0. The molecule has 2 nitrogen and oxygen atoms in total. The minimum atomic E-state index is 0.433. The molecule has 0 radical (unpaired) electrons. The highest BCUT2D eigenvalue weighted by Crippen LogP contribution is 2.27. The van der Waals surface area contributed by atoms with Crippen LogP contribution in [-0.4, -0.2) is 19.3 Å². The van der Waals surface area contributed by atoms with Crippen molar-refractivity contribution in [2.45, 2.75) is 12.2 Å². The van der Waals surface area contributed by atoms with Gasteiger partial charge in [-0.25, -0.2) is 0 Å². The third kappa shape index (κ3) is 3.07. The number of hydrogen-bond acceptors (Lipinski definition) is 2. The molecular weight excluding hydrogens is 192 g/mol. The third-order valence-electron chi connectivity index (χ3n) is 1.97. The maximum absolute atomic E-state index is 4.14. The number of hydrogen-bond donors (Lipinski definition) is 1. The fourth-order valence-corrected chi connectivity index (χ4v) is 2.03. The zero-order valence-corrected chi connectivity index (χ0v) is 9.64. The van der Waals surface area contributed by atoms with E-state index in [-0.39, 0.29) is 0 Å². The number of thioether (sulfide) groups is 1. The van der Waals surface area contributed by atoms with Crippen LogP contribution in [0.1, 0.15) is 17.7 Å². The van der Waals surface area contributed by atoms with Gasteiger partial charge in [-0.2, -0.15) is 0 Å². The topological polar surface area (TPSA) is 24.4 Å². The van der Waals surface area contributed by atoms with E-state index in [1.54, 1.807) is 18.8 Å². The Kier molecular flexibility index (Phi) is 4.53. The van der Waals surface area contributed by atoms with Crippen LogP contribution in [0.15, 0.2) is 35.3 Å². The fourth-order valence-electron chi connectivity index (χ4n) is 1.18. The van der Waals surface area contributed by atoms with Gasteiger partial charge in [-0.05, 0) is 12.5 Å². The smallest absolute Gasteiger partial charge is 0.156 e. The van der Waals surface area contributed by atoms with Gasteiger partial charge < -0.3 is 5.32 Å². The molecule has 1 unspecified atom stereocenters. The van der Waals surface area contributed by atoms with Crippen LogP contribution in [0.3, 0.4) is 0 Å². The van der Waals surface area contributed by atoms with E-state index in [9.17, 15) is 0 Å². The lowest BCUT2D eigenvalue weighted by molar-refractivity contribution is 1.10. The molecule has 1 N–H and O–H groups in total. The minimum Gasteiger partial charge on any atom is -0.368 e. The van der Waals surface area contributed by atoms with Crippen LogP contribution in [0, 0.1) is 0 Å². The first-order valence-electron chi connectivity index (χ1n) is 4.64. The van der Waals surface area contributed by atoms with Crippen molar-refractivity contribution in [3.63, 3.8) is 0 Å². The van der Waals surface area contributed by atoms with Gasteiger partial charge in [0, 0.05) is 19.3 Å². The molecule has 0 aromatic heterocycles. The molecule has 0 aliphatic carbocycles. The van der Waals surface area contributed by atoms with Gasteiger partial charge in [0.2, 0.25) is 0 Å². The van der Waals surface area contributed by atoms with Gasteiger partial charge in [-0.15, -0.1) is 0 Å². The summed E-state index contributed by atoms with van der Waals surface area (Å²) in [5, 5.41) is 4.47. The van der Waals surface area contributed by atoms with Crippen LogP contribution in [0.25, 0.3) is 0 Å². The number of aliphatic imine (C=N–C) groups is 1. The molecule has 0 fully saturated rings. The summed E-state index contributed by atoms with van der Waals surface area (Å²) in [6.07, 6.45) is 0. The Bertz CT molecular complexity index is 295. The largest absolute Gasteiger partial charge is 0.368 e. The van der Waals surface area contributed by atoms with Gasteiger partial charge in [0.1, 0.15) is 0 Å². The lowest BCUT2D eigenvalue weighted by atomic mass is 10.2. The van der Waals surface area contributed by atoms with Crippen LogP contribution < -0.4 is 5.32 Å². The lowest BCUT2D eigenvalue weighted by Gasteiger charge is -2.12. The zero-order valence-electron chi connectivity index (χ0n) is 8.82. The van der Waals surface area contributed by atoms with Crippen molar-refractivity contribution in [2.75, 3.05) is 14.1 Å². The summed E-state index contributed by atoms with van der Waals surface area (Å²) in [5.41, 5.74) is 1.33. The van der Waals surface area contributed by atoms with Crippen molar-refractivity contribution >= 4 is 16.9 Å². The van der Waals surface area contributed by atoms with Crippen LogP contribution in [0.2, 0.25) is 0 Å². The molecule has 0 amide bonds. The molecule has 0 saturated carbocycles. The fraction of sp³-hybridized carbons (Fsp3) is 0.364. The predicted octanol–water partition coefficient (Wildman–Crippen LogP) is 2.69. The molecule has 76 valence electrons. The van der Waals surface area contributed by atoms with Gasteiger partial charge in [0.25, 0.3) is 0 Å². The summed E-state index contributed by atoms with van der Waals surface area (Å²) in [6, 6.07) is 10.4. The number of benzene rings is 1. The van der Waals surface area contributed by atoms with E-state index < -0.39 is 0 Å². The van der Waals surface area contributed by atoms with E-state index in [0.29, 0.717) is 5.25 Å². The molecule has 0 saturated heterocycles. The summed E-state index contributed by atoms with van der Waals surface area (Å²) >= 11 is 1.74. The average molecular weight is 208 g/mol. The Morgan fingerprint density at radius 2 is 2.00 bits per heavy atom. The molecule has 0 spiro atoms. The Labute approximate surface area is 89.8 Å². The number of nitrogens with one attached hydrogen (secondary N) is 1. The summed E-state index contributed by atoms with van der Waals surface area (Å²) in [7, 11) is 3.70. The van der Waals surface area contributed by atoms with Crippen molar-refractivity contribution < 1.29 is 0 Å². The SMILES string of the molecule is CN=C(NC)SC(C)c1ccccc1. The Balaban J connectivity index is 2.63. The molecule has 0 bridgehead atoms. The van der Waals surface area contributed by atoms with Gasteiger partial charge >= 0.3 is 0 Å².